The summed E-state index contributed by atoms with van der Waals surface area (Å²) in [7, 11) is 0. The van der Waals surface area contributed by atoms with Gasteiger partial charge in [-0.2, -0.15) is 0 Å². The van der Waals surface area contributed by atoms with E-state index in [0.29, 0.717) is 0 Å². The van der Waals surface area contributed by atoms with Crippen molar-refractivity contribution in [1.29, 1.82) is 0 Å². The minimum atomic E-state index is -0.193. The second-order valence-electron chi connectivity index (χ2n) is 17.4. The van der Waals surface area contributed by atoms with Crippen molar-refractivity contribution in [1.82, 2.24) is 4.57 Å². The fraction of sp³-hybridized carbons (Fsp3) is 0.107. The van der Waals surface area contributed by atoms with Gasteiger partial charge in [-0.25, -0.2) is 0 Å². The SMILES string of the molecule is CC1(C)c2cc(N(c3ccccc3)c3ccc4c5c(ccc4c3)-c3c(ccc4ccccc34)C5(C)C)ccc2-c2cc3c(cc21)c1ccccc1n3-c1ccccc1. The van der Waals surface area contributed by atoms with Gasteiger partial charge in [0.1, 0.15) is 0 Å². The zero-order valence-corrected chi connectivity index (χ0v) is 33.2. The second kappa shape index (κ2) is 11.8. The monoisotopic (exact) mass is 742 g/mol. The fourth-order valence-electron chi connectivity index (χ4n) is 10.8. The molecule has 0 radical (unpaired) electrons. The van der Waals surface area contributed by atoms with Crippen LogP contribution in [0.4, 0.5) is 17.1 Å². The van der Waals surface area contributed by atoms with Crippen LogP contribution in [0.25, 0.3) is 71.3 Å². The molecule has 10 aromatic rings. The summed E-state index contributed by atoms with van der Waals surface area (Å²) in [6.45, 7) is 9.59. The largest absolute Gasteiger partial charge is 0.310 e. The average molecular weight is 743 g/mol. The summed E-state index contributed by atoms with van der Waals surface area (Å²) in [5, 5.41) is 7.80. The van der Waals surface area contributed by atoms with E-state index in [4.69, 9.17) is 0 Å². The third kappa shape index (κ3) is 4.49. The van der Waals surface area contributed by atoms with Crippen LogP contribution in [0.5, 0.6) is 0 Å². The average Bonchev–Trinajstić information content (AvgIpc) is 3.80. The molecule has 0 aliphatic heterocycles. The van der Waals surface area contributed by atoms with Crippen molar-refractivity contribution in [3.05, 3.63) is 204 Å². The predicted octanol–water partition coefficient (Wildman–Crippen LogP) is 15.2. The molecule has 0 amide bonds. The molecular weight excluding hydrogens is 701 g/mol. The van der Waals surface area contributed by atoms with Crippen molar-refractivity contribution in [2.24, 2.45) is 0 Å². The van der Waals surface area contributed by atoms with Crippen LogP contribution in [-0.4, -0.2) is 4.57 Å². The van der Waals surface area contributed by atoms with Gasteiger partial charge in [0.15, 0.2) is 0 Å². The van der Waals surface area contributed by atoms with E-state index < -0.39 is 0 Å². The van der Waals surface area contributed by atoms with Gasteiger partial charge in [0, 0.05) is 44.4 Å². The molecular formula is C56H42N2. The van der Waals surface area contributed by atoms with E-state index in [0.717, 1.165) is 17.1 Å². The predicted molar refractivity (Wildman–Crippen MR) is 246 cm³/mol. The number of nitrogens with zero attached hydrogens (tertiary/aromatic N) is 2. The number of hydrogen-bond donors (Lipinski definition) is 0. The topological polar surface area (TPSA) is 8.17 Å². The molecule has 2 aliphatic carbocycles. The Balaban J connectivity index is 1.02. The Morgan fingerprint density at radius 3 is 1.86 bits per heavy atom. The maximum Gasteiger partial charge on any atom is 0.0547 e. The Bertz CT molecular complexity index is 3330. The molecule has 12 rings (SSSR count). The highest BCUT2D eigenvalue weighted by molar-refractivity contribution is 6.12. The molecule has 58 heavy (non-hydrogen) atoms. The zero-order chi connectivity index (χ0) is 38.9. The van der Waals surface area contributed by atoms with Crippen molar-refractivity contribution >= 4 is 60.4 Å². The quantitative estimate of drug-likeness (QED) is 0.174. The Labute approximate surface area is 339 Å². The first-order chi connectivity index (χ1) is 28.3. The molecule has 0 saturated carbocycles. The number of benzene rings is 9. The molecule has 276 valence electrons. The summed E-state index contributed by atoms with van der Waals surface area (Å²) < 4.78 is 2.43. The van der Waals surface area contributed by atoms with Gasteiger partial charge in [0.05, 0.1) is 11.0 Å². The molecule has 0 fully saturated rings. The Hall–Kier alpha value is -6.90. The van der Waals surface area contributed by atoms with Crippen LogP contribution >= 0.6 is 0 Å². The van der Waals surface area contributed by atoms with Crippen LogP contribution in [0.3, 0.4) is 0 Å². The van der Waals surface area contributed by atoms with Crippen LogP contribution in [0.2, 0.25) is 0 Å². The lowest BCUT2D eigenvalue weighted by Crippen LogP contribution is -2.17. The maximum absolute atomic E-state index is 2.48. The number of para-hydroxylation sites is 3. The lowest BCUT2D eigenvalue weighted by Gasteiger charge is -2.29. The molecule has 0 atom stereocenters. The van der Waals surface area contributed by atoms with E-state index in [-0.39, 0.29) is 10.8 Å². The zero-order valence-electron chi connectivity index (χ0n) is 33.2. The summed E-state index contributed by atoms with van der Waals surface area (Å²) in [6.07, 6.45) is 0. The number of hydrogen-bond acceptors (Lipinski definition) is 1. The molecule has 0 spiro atoms. The minimum Gasteiger partial charge on any atom is -0.310 e. The van der Waals surface area contributed by atoms with E-state index in [1.165, 1.54) is 93.5 Å². The summed E-state index contributed by atoms with van der Waals surface area (Å²) in [5.41, 5.74) is 17.8. The number of anilines is 3. The van der Waals surface area contributed by atoms with Crippen LogP contribution in [0.1, 0.15) is 49.9 Å². The van der Waals surface area contributed by atoms with Crippen molar-refractivity contribution in [3.63, 3.8) is 0 Å². The van der Waals surface area contributed by atoms with Gasteiger partial charge >= 0.3 is 0 Å². The molecule has 9 aromatic carbocycles. The summed E-state index contributed by atoms with van der Waals surface area (Å²) in [6, 6.07) is 67.8. The van der Waals surface area contributed by atoms with Crippen molar-refractivity contribution in [3.8, 4) is 27.9 Å². The third-order valence-electron chi connectivity index (χ3n) is 13.5. The fourth-order valence-corrected chi connectivity index (χ4v) is 10.8. The summed E-state index contributed by atoms with van der Waals surface area (Å²) in [4.78, 5) is 2.44. The molecule has 1 heterocycles. The van der Waals surface area contributed by atoms with Gasteiger partial charge in [0.2, 0.25) is 0 Å². The highest BCUT2D eigenvalue weighted by atomic mass is 15.1. The van der Waals surface area contributed by atoms with Crippen molar-refractivity contribution in [2.75, 3.05) is 4.90 Å². The van der Waals surface area contributed by atoms with E-state index in [2.05, 4.69) is 219 Å². The first-order valence-corrected chi connectivity index (χ1v) is 20.5. The first-order valence-electron chi connectivity index (χ1n) is 20.5. The molecule has 1 aromatic heterocycles. The Morgan fingerprint density at radius 2 is 1.03 bits per heavy atom. The van der Waals surface area contributed by atoms with Crippen LogP contribution in [-0.2, 0) is 10.8 Å². The number of fused-ring (bicyclic) bond motifs is 13. The van der Waals surface area contributed by atoms with Crippen LogP contribution in [0, 0.1) is 0 Å². The maximum atomic E-state index is 2.48. The van der Waals surface area contributed by atoms with Gasteiger partial charge in [0.25, 0.3) is 0 Å². The van der Waals surface area contributed by atoms with Crippen molar-refractivity contribution < 1.29 is 0 Å². The summed E-state index contributed by atoms with van der Waals surface area (Å²) in [5.74, 6) is 0. The summed E-state index contributed by atoms with van der Waals surface area (Å²) >= 11 is 0. The lowest BCUT2D eigenvalue weighted by molar-refractivity contribution is 0.661. The normalized spacial score (nSPS) is 14.5. The van der Waals surface area contributed by atoms with E-state index in [1.807, 2.05) is 0 Å². The Kier molecular flexibility index (Phi) is 6.78. The highest BCUT2D eigenvalue weighted by Crippen LogP contribution is 2.55. The molecule has 2 aliphatic rings. The Morgan fingerprint density at radius 1 is 0.379 bits per heavy atom. The van der Waals surface area contributed by atoms with E-state index in [1.54, 1.807) is 0 Å². The molecule has 2 nitrogen and oxygen atoms in total. The minimum absolute atomic E-state index is 0.115. The molecule has 2 heteroatoms. The number of aromatic nitrogens is 1. The number of rotatable bonds is 4. The van der Waals surface area contributed by atoms with Crippen LogP contribution < -0.4 is 4.90 Å². The van der Waals surface area contributed by atoms with Gasteiger partial charge in [-0.1, -0.05) is 143 Å². The van der Waals surface area contributed by atoms with E-state index >= 15 is 0 Å². The molecule has 0 bridgehead atoms. The first kappa shape index (κ1) is 33.3. The van der Waals surface area contributed by atoms with Crippen molar-refractivity contribution in [2.45, 2.75) is 38.5 Å². The van der Waals surface area contributed by atoms with Crippen LogP contribution in [0.15, 0.2) is 182 Å². The third-order valence-corrected chi connectivity index (χ3v) is 13.5. The highest BCUT2D eigenvalue weighted by Gasteiger charge is 2.39. The van der Waals surface area contributed by atoms with Gasteiger partial charge in [-0.3, -0.25) is 0 Å². The molecule has 0 unspecified atom stereocenters. The van der Waals surface area contributed by atoms with Gasteiger partial charge < -0.3 is 9.47 Å². The van der Waals surface area contributed by atoms with E-state index in [9.17, 15) is 0 Å². The second-order valence-corrected chi connectivity index (χ2v) is 17.4. The lowest BCUT2D eigenvalue weighted by atomic mass is 9.80. The smallest absolute Gasteiger partial charge is 0.0547 e. The molecule has 0 saturated heterocycles. The van der Waals surface area contributed by atoms with Gasteiger partial charge in [-0.05, 0) is 133 Å². The molecule has 0 N–H and O–H groups in total. The van der Waals surface area contributed by atoms with Gasteiger partial charge in [-0.15, -0.1) is 0 Å². The standard InChI is InChI=1S/C56H42N2/c1-55(2)49-32-40(26-29-43(49)46-34-52-47(33-50(46)55)44-21-13-14-22-51(44)58(52)38-18-9-6-10-19-38)57(37-16-7-5-8-17-37)39-25-28-42-36(31-39)23-27-45-53-41-20-12-11-15-35(41)24-30-48(53)56(3,4)54(42)45/h5-34H,1-4H3.